The summed E-state index contributed by atoms with van der Waals surface area (Å²) in [5, 5.41) is 3.37. The van der Waals surface area contributed by atoms with Gasteiger partial charge in [0.2, 0.25) is 0 Å². The zero-order chi connectivity index (χ0) is 15.7. The number of benzene rings is 1. The van der Waals surface area contributed by atoms with E-state index in [2.05, 4.69) is 30.4 Å². The second-order valence-corrected chi connectivity index (χ2v) is 3.20. The lowest BCUT2D eigenvalue weighted by Crippen LogP contribution is -2.23. The molecule has 2 rings (SSSR count). The van der Waals surface area contributed by atoms with Crippen molar-refractivity contribution in [3.63, 3.8) is 0 Å². The first-order valence-corrected chi connectivity index (χ1v) is 8.15. The van der Waals surface area contributed by atoms with Crippen LogP contribution in [0, 0.1) is 6.92 Å². The molecule has 114 valence electrons. The summed E-state index contributed by atoms with van der Waals surface area (Å²) in [6, 6.07) is 6.73. The van der Waals surface area contributed by atoms with Gasteiger partial charge in [0.15, 0.2) is 0 Å². The first-order chi connectivity index (χ1) is 9.36. The Labute approximate surface area is 122 Å². The highest BCUT2D eigenvalue weighted by atomic mass is 14.9. The van der Waals surface area contributed by atoms with E-state index in [1.54, 1.807) is 0 Å². The summed E-state index contributed by atoms with van der Waals surface area (Å²) in [5.74, 6) is 0. The molecule has 1 aliphatic rings. The van der Waals surface area contributed by atoms with Crippen molar-refractivity contribution in [2.45, 2.75) is 75.3 Å². The van der Waals surface area contributed by atoms with Gasteiger partial charge in [-0.2, -0.15) is 0 Å². The average Bonchev–Trinajstić information content (AvgIpc) is 2.55. The molecule has 0 saturated carbocycles. The van der Waals surface area contributed by atoms with E-state index in [1.807, 2.05) is 55.4 Å². The van der Waals surface area contributed by atoms with Crippen LogP contribution in [0.2, 0.25) is 0 Å². The van der Waals surface area contributed by atoms with Crippen LogP contribution in [0.1, 0.15) is 72.1 Å². The van der Waals surface area contributed by atoms with Crippen molar-refractivity contribution in [1.29, 1.82) is 0 Å². The van der Waals surface area contributed by atoms with Crippen LogP contribution in [0.25, 0.3) is 0 Å². The fourth-order valence-electron chi connectivity index (χ4n) is 1.61. The molecule has 1 heteroatoms. The van der Waals surface area contributed by atoms with Crippen molar-refractivity contribution in [3.05, 3.63) is 34.9 Å². The van der Waals surface area contributed by atoms with Crippen molar-refractivity contribution in [3.8, 4) is 0 Å². The zero-order valence-electron chi connectivity index (χ0n) is 14.9. The molecule has 0 fully saturated rings. The number of nitrogens with one attached hydrogen (secondary N) is 1. The summed E-state index contributed by atoms with van der Waals surface area (Å²) >= 11 is 0. The quantitative estimate of drug-likeness (QED) is 0.631. The Bertz CT molecular complexity index is 266. The molecule has 0 atom stereocenters. The molecule has 1 N–H and O–H groups in total. The Hall–Kier alpha value is -0.820. The maximum atomic E-state index is 3.37. The Balaban J connectivity index is -0.000000278. The molecule has 0 amide bonds. The van der Waals surface area contributed by atoms with Gasteiger partial charge in [-0.15, -0.1) is 0 Å². The predicted octanol–water partition coefficient (Wildman–Crippen LogP) is 5.75. The van der Waals surface area contributed by atoms with E-state index in [-0.39, 0.29) is 0 Å². The van der Waals surface area contributed by atoms with E-state index in [0.29, 0.717) is 0 Å². The summed E-state index contributed by atoms with van der Waals surface area (Å²) in [5.41, 5.74) is 4.37. The lowest BCUT2D eigenvalue weighted by Gasteiger charge is -2.16. The van der Waals surface area contributed by atoms with Gasteiger partial charge in [0.25, 0.3) is 0 Å². The average molecular weight is 268 g/mol. The number of fused-ring (bicyclic) bond motifs is 1. The van der Waals surface area contributed by atoms with Crippen molar-refractivity contribution < 1.29 is 0 Å². The monoisotopic (exact) mass is 267 g/mol. The van der Waals surface area contributed by atoms with E-state index >= 15 is 0 Å². The first-order valence-electron chi connectivity index (χ1n) is 8.15. The molecule has 1 aliphatic heterocycles. The maximum Gasteiger partial charge on any atom is 0.0208 e. The van der Waals surface area contributed by atoms with Gasteiger partial charge in [-0.05, 0) is 31.0 Å². The van der Waals surface area contributed by atoms with Crippen LogP contribution in [0.4, 0.5) is 0 Å². The van der Waals surface area contributed by atoms with E-state index in [1.165, 1.54) is 23.1 Å². The molecule has 0 aromatic heterocycles. The van der Waals surface area contributed by atoms with Crippen LogP contribution in [-0.2, 0) is 13.0 Å². The fourth-order valence-corrected chi connectivity index (χ4v) is 1.61. The van der Waals surface area contributed by atoms with Gasteiger partial charge in [0.05, 0.1) is 0 Å². The SMILES string of the molecule is CC.CC.CC.CC.Cc1ccc2c(c1)CNCC2. The van der Waals surface area contributed by atoms with Crippen molar-refractivity contribution in [2.75, 3.05) is 6.54 Å². The lowest BCUT2D eigenvalue weighted by atomic mass is 9.99. The minimum atomic E-state index is 1.05. The van der Waals surface area contributed by atoms with Crippen molar-refractivity contribution in [1.82, 2.24) is 5.32 Å². The van der Waals surface area contributed by atoms with E-state index in [0.717, 1.165) is 13.1 Å². The Morgan fingerprint density at radius 1 is 0.789 bits per heavy atom. The smallest absolute Gasteiger partial charge is 0.0208 e. The zero-order valence-corrected chi connectivity index (χ0v) is 14.9. The molecule has 1 aromatic rings. The molecule has 0 saturated heterocycles. The highest BCUT2D eigenvalue weighted by Crippen LogP contribution is 2.14. The first kappa shape index (κ1) is 23.3. The summed E-state index contributed by atoms with van der Waals surface area (Å²) in [6.07, 6.45) is 1.19. The van der Waals surface area contributed by atoms with E-state index < -0.39 is 0 Å². The molecule has 19 heavy (non-hydrogen) atoms. The van der Waals surface area contributed by atoms with Gasteiger partial charge in [0.1, 0.15) is 0 Å². The van der Waals surface area contributed by atoms with Crippen LogP contribution in [0.3, 0.4) is 0 Å². The highest BCUT2D eigenvalue weighted by molar-refractivity contribution is 5.32. The van der Waals surface area contributed by atoms with Crippen LogP contribution in [-0.4, -0.2) is 6.54 Å². The van der Waals surface area contributed by atoms with Crippen molar-refractivity contribution >= 4 is 0 Å². The molecule has 0 bridgehead atoms. The predicted molar refractivity (Wildman–Crippen MR) is 92.0 cm³/mol. The highest BCUT2D eigenvalue weighted by Gasteiger charge is 2.06. The maximum absolute atomic E-state index is 3.37. The second kappa shape index (κ2) is 19.5. The number of hydrogen-bond acceptors (Lipinski definition) is 1. The Kier molecular flexibility index (Phi) is 23.9. The van der Waals surface area contributed by atoms with E-state index in [4.69, 9.17) is 0 Å². The third-order valence-electron chi connectivity index (χ3n) is 2.25. The van der Waals surface area contributed by atoms with Gasteiger partial charge in [-0.3, -0.25) is 0 Å². The minimum absolute atomic E-state index is 1.05. The fraction of sp³-hybridized carbons (Fsp3) is 0.667. The summed E-state index contributed by atoms with van der Waals surface area (Å²) in [6.45, 7) is 20.3. The van der Waals surface area contributed by atoms with Crippen LogP contribution < -0.4 is 5.32 Å². The molecule has 1 heterocycles. The number of aryl methyl sites for hydroxylation is 1. The third-order valence-corrected chi connectivity index (χ3v) is 2.25. The molecule has 1 aromatic carbocycles. The van der Waals surface area contributed by atoms with Crippen LogP contribution in [0.5, 0.6) is 0 Å². The number of hydrogen-bond donors (Lipinski definition) is 1. The topological polar surface area (TPSA) is 12.0 Å². The minimum Gasteiger partial charge on any atom is -0.312 e. The van der Waals surface area contributed by atoms with Crippen molar-refractivity contribution in [2.24, 2.45) is 0 Å². The standard InChI is InChI=1S/C10H13N.4C2H6/c1-8-2-3-9-4-5-11-7-10(9)6-8;4*1-2/h2-3,6,11H,4-5,7H2,1H3;4*1-2H3. The molecule has 0 spiro atoms. The van der Waals surface area contributed by atoms with Crippen LogP contribution in [0.15, 0.2) is 18.2 Å². The van der Waals surface area contributed by atoms with Crippen LogP contribution >= 0.6 is 0 Å². The summed E-state index contributed by atoms with van der Waals surface area (Å²) in [7, 11) is 0. The summed E-state index contributed by atoms with van der Waals surface area (Å²) < 4.78 is 0. The normalized spacial score (nSPS) is 10.6. The molecular weight excluding hydrogens is 230 g/mol. The molecule has 0 aliphatic carbocycles. The molecule has 0 unspecified atom stereocenters. The van der Waals surface area contributed by atoms with Gasteiger partial charge < -0.3 is 5.32 Å². The van der Waals surface area contributed by atoms with Gasteiger partial charge in [0, 0.05) is 6.54 Å². The van der Waals surface area contributed by atoms with Gasteiger partial charge in [-0.1, -0.05) is 79.2 Å². The third kappa shape index (κ3) is 10.8. The lowest BCUT2D eigenvalue weighted by molar-refractivity contribution is 0.643. The van der Waals surface area contributed by atoms with Gasteiger partial charge >= 0.3 is 0 Å². The second-order valence-electron chi connectivity index (χ2n) is 3.20. The van der Waals surface area contributed by atoms with E-state index in [9.17, 15) is 0 Å². The summed E-state index contributed by atoms with van der Waals surface area (Å²) in [4.78, 5) is 0. The molecular formula is C18H37N. The Morgan fingerprint density at radius 3 is 1.84 bits per heavy atom. The number of rotatable bonds is 0. The van der Waals surface area contributed by atoms with Gasteiger partial charge in [-0.25, -0.2) is 0 Å². The molecule has 0 radical (unpaired) electrons. The Morgan fingerprint density at radius 2 is 1.32 bits per heavy atom. The molecule has 1 nitrogen and oxygen atoms in total. The largest absolute Gasteiger partial charge is 0.312 e.